The number of nitro groups is 1. The smallest absolute Gasteiger partial charge is 0.422 e. The first-order chi connectivity index (χ1) is 7.83. The van der Waals surface area contributed by atoms with Crippen molar-refractivity contribution in [2.75, 3.05) is 6.61 Å². The summed E-state index contributed by atoms with van der Waals surface area (Å²) in [6.45, 7) is -1.62. The molecule has 0 N–H and O–H groups in total. The molecule has 6 nitrogen and oxygen atoms in total. The highest BCUT2D eigenvalue weighted by atomic mass is 19.4. The number of rotatable bonds is 3. The Morgan fingerprint density at radius 1 is 1.59 bits per heavy atom. The molecule has 0 radical (unpaired) electrons. The summed E-state index contributed by atoms with van der Waals surface area (Å²) in [7, 11) is 0. The average molecular weight is 247 g/mol. The molecule has 1 heterocycles. The van der Waals surface area contributed by atoms with Crippen LogP contribution in [0.4, 0.5) is 18.9 Å². The van der Waals surface area contributed by atoms with Gasteiger partial charge in [-0.1, -0.05) is 0 Å². The van der Waals surface area contributed by atoms with E-state index in [2.05, 4.69) is 9.72 Å². The molecule has 0 aromatic carbocycles. The van der Waals surface area contributed by atoms with Gasteiger partial charge in [-0.3, -0.25) is 10.1 Å². The molecule has 0 atom stereocenters. The maximum Gasteiger partial charge on any atom is 0.422 e. The summed E-state index contributed by atoms with van der Waals surface area (Å²) >= 11 is 0. The van der Waals surface area contributed by atoms with Crippen LogP contribution < -0.4 is 4.74 Å². The standard InChI is InChI=1S/C8H4F3N3O3/c9-8(10,11)4-17-7-5(2-12)1-6(3-13-7)14(15)16/h1,3H,4H2. The van der Waals surface area contributed by atoms with E-state index < -0.39 is 34.8 Å². The normalized spacial score (nSPS) is 10.7. The largest absolute Gasteiger partial charge is 0.467 e. The van der Waals surface area contributed by atoms with Gasteiger partial charge in [0.15, 0.2) is 6.61 Å². The number of pyridine rings is 1. The van der Waals surface area contributed by atoms with Crippen LogP contribution in [0.3, 0.4) is 0 Å². The molecule has 0 spiro atoms. The number of aromatic nitrogens is 1. The van der Waals surface area contributed by atoms with E-state index in [1.807, 2.05) is 0 Å². The molecule has 0 saturated heterocycles. The quantitative estimate of drug-likeness (QED) is 0.600. The number of hydrogen-bond donors (Lipinski definition) is 0. The van der Waals surface area contributed by atoms with Crippen LogP contribution in [-0.4, -0.2) is 22.7 Å². The van der Waals surface area contributed by atoms with E-state index in [1.165, 1.54) is 6.07 Å². The first kappa shape index (κ1) is 12.7. The summed E-state index contributed by atoms with van der Waals surface area (Å²) < 4.78 is 39.8. The molecule has 17 heavy (non-hydrogen) atoms. The lowest BCUT2D eigenvalue weighted by atomic mass is 10.3. The third-order valence-electron chi connectivity index (χ3n) is 1.54. The van der Waals surface area contributed by atoms with Crippen molar-refractivity contribution in [3.63, 3.8) is 0 Å². The molecule has 9 heteroatoms. The van der Waals surface area contributed by atoms with E-state index in [4.69, 9.17) is 5.26 Å². The zero-order chi connectivity index (χ0) is 13.1. The van der Waals surface area contributed by atoms with E-state index in [0.29, 0.717) is 6.20 Å². The molecule has 0 unspecified atom stereocenters. The summed E-state index contributed by atoms with van der Waals surface area (Å²) in [4.78, 5) is 12.8. The molecule has 0 amide bonds. The van der Waals surface area contributed by atoms with Gasteiger partial charge in [0.25, 0.3) is 5.69 Å². The third kappa shape index (κ3) is 3.60. The molecule has 90 valence electrons. The van der Waals surface area contributed by atoms with E-state index >= 15 is 0 Å². The van der Waals surface area contributed by atoms with Crippen molar-refractivity contribution < 1.29 is 22.8 Å². The van der Waals surface area contributed by atoms with Gasteiger partial charge in [-0.15, -0.1) is 0 Å². The highest BCUT2D eigenvalue weighted by Gasteiger charge is 2.29. The highest BCUT2D eigenvalue weighted by Crippen LogP contribution is 2.22. The van der Waals surface area contributed by atoms with Crippen LogP contribution in [0.5, 0.6) is 5.88 Å². The Bertz CT molecular complexity index is 481. The number of ether oxygens (including phenoxy) is 1. The van der Waals surface area contributed by atoms with Crippen LogP contribution in [0.2, 0.25) is 0 Å². The minimum absolute atomic E-state index is 0.427. The summed E-state index contributed by atoms with van der Waals surface area (Å²) in [5.74, 6) is -0.588. The van der Waals surface area contributed by atoms with E-state index in [-0.39, 0.29) is 0 Å². The zero-order valence-corrected chi connectivity index (χ0v) is 8.06. The Balaban J connectivity index is 2.95. The van der Waals surface area contributed by atoms with Crippen molar-refractivity contribution in [3.05, 3.63) is 27.9 Å². The Hall–Kier alpha value is -2.37. The first-order valence-electron chi connectivity index (χ1n) is 4.07. The molecule has 1 aromatic heterocycles. The topological polar surface area (TPSA) is 89.0 Å². The summed E-state index contributed by atoms with van der Waals surface area (Å²) in [6.07, 6.45) is -3.86. The van der Waals surface area contributed by atoms with Gasteiger partial charge in [0.05, 0.1) is 4.92 Å². The van der Waals surface area contributed by atoms with Gasteiger partial charge in [0.1, 0.15) is 17.8 Å². The molecular formula is C8H4F3N3O3. The fraction of sp³-hybridized carbons (Fsp3) is 0.250. The van der Waals surface area contributed by atoms with E-state index in [0.717, 1.165) is 6.07 Å². The molecule has 1 rings (SSSR count). The average Bonchev–Trinajstić information content (AvgIpc) is 2.24. The number of nitriles is 1. The van der Waals surface area contributed by atoms with Crippen LogP contribution in [0.15, 0.2) is 12.3 Å². The highest BCUT2D eigenvalue weighted by molar-refractivity contribution is 5.44. The molecule has 0 aliphatic carbocycles. The van der Waals surface area contributed by atoms with Crippen LogP contribution in [0.1, 0.15) is 5.56 Å². The van der Waals surface area contributed by atoms with Gasteiger partial charge in [-0.2, -0.15) is 18.4 Å². The number of nitrogens with zero attached hydrogens (tertiary/aromatic N) is 3. The van der Waals surface area contributed by atoms with Crippen molar-refractivity contribution >= 4 is 5.69 Å². The molecule has 1 aromatic rings. The molecule has 0 bridgehead atoms. The lowest BCUT2D eigenvalue weighted by Gasteiger charge is -2.08. The van der Waals surface area contributed by atoms with Crippen LogP contribution in [0, 0.1) is 21.4 Å². The molecule has 0 fully saturated rings. The van der Waals surface area contributed by atoms with Gasteiger partial charge < -0.3 is 4.74 Å². The second-order valence-corrected chi connectivity index (χ2v) is 2.82. The fourth-order valence-electron chi connectivity index (χ4n) is 0.886. The van der Waals surface area contributed by atoms with Crippen LogP contribution in [-0.2, 0) is 0 Å². The van der Waals surface area contributed by atoms with Crippen molar-refractivity contribution in [2.45, 2.75) is 6.18 Å². The zero-order valence-electron chi connectivity index (χ0n) is 8.06. The summed E-state index contributed by atoms with van der Waals surface area (Å²) in [5.41, 5.74) is -0.927. The number of alkyl halides is 3. The molecular weight excluding hydrogens is 243 g/mol. The fourth-order valence-corrected chi connectivity index (χ4v) is 0.886. The molecule has 0 aliphatic heterocycles. The first-order valence-corrected chi connectivity index (χ1v) is 4.07. The van der Waals surface area contributed by atoms with Gasteiger partial charge >= 0.3 is 6.18 Å². The van der Waals surface area contributed by atoms with Gasteiger partial charge in [0.2, 0.25) is 5.88 Å². The Labute approximate surface area is 92.4 Å². The van der Waals surface area contributed by atoms with Gasteiger partial charge in [-0.25, -0.2) is 4.98 Å². The van der Waals surface area contributed by atoms with Crippen molar-refractivity contribution in [1.82, 2.24) is 4.98 Å². The Morgan fingerprint density at radius 2 is 2.24 bits per heavy atom. The predicted octanol–water partition coefficient (Wildman–Crippen LogP) is 1.80. The predicted molar refractivity (Wildman–Crippen MR) is 47.2 cm³/mol. The Morgan fingerprint density at radius 3 is 2.71 bits per heavy atom. The second-order valence-electron chi connectivity index (χ2n) is 2.82. The summed E-state index contributed by atoms with van der Waals surface area (Å²) in [5, 5.41) is 18.9. The Kier molecular flexibility index (Phi) is 3.47. The lowest BCUT2D eigenvalue weighted by Crippen LogP contribution is -2.20. The van der Waals surface area contributed by atoms with Crippen LogP contribution in [0.25, 0.3) is 0 Å². The van der Waals surface area contributed by atoms with E-state index in [9.17, 15) is 23.3 Å². The molecule has 0 aliphatic rings. The lowest BCUT2D eigenvalue weighted by molar-refractivity contribution is -0.385. The van der Waals surface area contributed by atoms with Gasteiger partial charge in [0, 0.05) is 6.07 Å². The van der Waals surface area contributed by atoms with Crippen molar-refractivity contribution in [1.29, 1.82) is 5.26 Å². The van der Waals surface area contributed by atoms with E-state index in [1.54, 1.807) is 0 Å². The third-order valence-corrected chi connectivity index (χ3v) is 1.54. The monoisotopic (exact) mass is 247 g/mol. The number of hydrogen-bond acceptors (Lipinski definition) is 5. The number of halogens is 3. The van der Waals surface area contributed by atoms with Crippen molar-refractivity contribution in [2.24, 2.45) is 0 Å². The molecule has 0 saturated carbocycles. The second kappa shape index (κ2) is 4.65. The minimum Gasteiger partial charge on any atom is -0.467 e. The minimum atomic E-state index is -4.57. The van der Waals surface area contributed by atoms with Crippen molar-refractivity contribution in [3.8, 4) is 11.9 Å². The maximum absolute atomic E-state index is 11.8. The SMILES string of the molecule is N#Cc1cc([N+](=O)[O-])cnc1OCC(F)(F)F. The summed E-state index contributed by atoms with van der Waals surface area (Å²) in [6, 6.07) is 2.26. The maximum atomic E-state index is 11.8. The van der Waals surface area contributed by atoms with Gasteiger partial charge in [-0.05, 0) is 0 Å². The van der Waals surface area contributed by atoms with Crippen LogP contribution >= 0.6 is 0 Å².